The molecule has 0 bridgehead atoms. The maximum Gasteiger partial charge on any atom is 0.308 e. The Morgan fingerprint density at radius 3 is 2.00 bits per heavy atom. The largest absolute Gasteiger partial charge is 0.466 e. The molecular formula is C12H24O4. The summed E-state index contributed by atoms with van der Waals surface area (Å²) >= 11 is 0. The SMILES string of the molecule is CC.CCOC(=O)CC[C@H](C)C(=O)OCC. The van der Waals surface area contributed by atoms with Crippen LogP contribution in [0, 0.1) is 5.92 Å². The molecule has 1 atom stereocenters. The van der Waals surface area contributed by atoms with E-state index in [-0.39, 0.29) is 24.3 Å². The van der Waals surface area contributed by atoms with E-state index >= 15 is 0 Å². The minimum atomic E-state index is -0.261. The first kappa shape index (κ1) is 17.3. The molecule has 0 rings (SSSR count). The van der Waals surface area contributed by atoms with Crippen molar-refractivity contribution in [2.45, 2.75) is 47.5 Å². The van der Waals surface area contributed by atoms with Gasteiger partial charge in [0.1, 0.15) is 0 Å². The van der Waals surface area contributed by atoms with Crippen LogP contribution in [0.4, 0.5) is 0 Å². The van der Waals surface area contributed by atoms with E-state index in [9.17, 15) is 9.59 Å². The summed E-state index contributed by atoms with van der Waals surface area (Å²) in [6, 6.07) is 0. The quantitative estimate of drug-likeness (QED) is 0.660. The number of hydrogen-bond donors (Lipinski definition) is 0. The van der Waals surface area contributed by atoms with Gasteiger partial charge in [0.05, 0.1) is 19.1 Å². The number of carbonyl (C=O) groups excluding carboxylic acids is 2. The summed E-state index contributed by atoms with van der Waals surface area (Å²) in [6.45, 7) is 10.0. The van der Waals surface area contributed by atoms with Gasteiger partial charge < -0.3 is 9.47 Å². The molecule has 0 N–H and O–H groups in total. The summed E-state index contributed by atoms with van der Waals surface area (Å²) < 4.78 is 9.55. The van der Waals surface area contributed by atoms with Crippen molar-refractivity contribution in [3.05, 3.63) is 0 Å². The van der Waals surface area contributed by atoms with Gasteiger partial charge in [-0.15, -0.1) is 0 Å². The Morgan fingerprint density at radius 2 is 1.56 bits per heavy atom. The van der Waals surface area contributed by atoms with Crippen molar-refractivity contribution in [3.63, 3.8) is 0 Å². The Labute approximate surface area is 98.3 Å². The van der Waals surface area contributed by atoms with Gasteiger partial charge in [-0.25, -0.2) is 0 Å². The van der Waals surface area contributed by atoms with E-state index in [1.807, 2.05) is 13.8 Å². The molecule has 0 aromatic heterocycles. The summed E-state index contributed by atoms with van der Waals surface area (Å²) in [5.74, 6) is -0.750. The molecule has 16 heavy (non-hydrogen) atoms. The summed E-state index contributed by atoms with van der Waals surface area (Å²) in [4.78, 5) is 22.1. The predicted molar refractivity (Wildman–Crippen MR) is 63.0 cm³/mol. The number of hydrogen-bond acceptors (Lipinski definition) is 4. The van der Waals surface area contributed by atoms with Crippen LogP contribution >= 0.6 is 0 Å². The first-order chi connectivity index (χ1) is 7.61. The zero-order valence-corrected chi connectivity index (χ0v) is 11.0. The van der Waals surface area contributed by atoms with Gasteiger partial charge in [-0.2, -0.15) is 0 Å². The standard InChI is InChI=1S/C10H18O4.C2H6/c1-4-13-9(11)7-6-8(3)10(12)14-5-2;1-2/h8H,4-7H2,1-3H3;1-2H3/t8-;/m0./s1. The first-order valence-electron chi connectivity index (χ1n) is 5.94. The van der Waals surface area contributed by atoms with Crippen molar-refractivity contribution in [2.24, 2.45) is 5.92 Å². The van der Waals surface area contributed by atoms with Crippen LogP contribution < -0.4 is 0 Å². The van der Waals surface area contributed by atoms with Gasteiger partial charge in [-0.3, -0.25) is 9.59 Å². The highest BCUT2D eigenvalue weighted by atomic mass is 16.5. The number of carbonyl (C=O) groups is 2. The summed E-state index contributed by atoms with van der Waals surface area (Å²) in [6.07, 6.45) is 0.755. The Kier molecular flexibility index (Phi) is 13.0. The van der Waals surface area contributed by atoms with E-state index in [2.05, 4.69) is 0 Å². The monoisotopic (exact) mass is 232 g/mol. The smallest absolute Gasteiger partial charge is 0.308 e. The van der Waals surface area contributed by atoms with E-state index < -0.39 is 0 Å². The van der Waals surface area contributed by atoms with Gasteiger partial charge in [0.15, 0.2) is 0 Å². The van der Waals surface area contributed by atoms with Crippen LogP contribution in [0.25, 0.3) is 0 Å². The lowest BCUT2D eigenvalue weighted by Gasteiger charge is -2.09. The van der Waals surface area contributed by atoms with Crippen LogP contribution in [0.3, 0.4) is 0 Å². The van der Waals surface area contributed by atoms with Gasteiger partial charge >= 0.3 is 11.9 Å². The third kappa shape index (κ3) is 9.49. The maximum atomic E-state index is 11.1. The Hall–Kier alpha value is -1.06. The molecule has 0 fully saturated rings. The number of esters is 2. The molecule has 0 saturated heterocycles. The lowest BCUT2D eigenvalue weighted by atomic mass is 10.1. The maximum absolute atomic E-state index is 11.1. The van der Waals surface area contributed by atoms with Crippen LogP contribution in [0.1, 0.15) is 47.5 Å². The highest BCUT2D eigenvalue weighted by Crippen LogP contribution is 2.08. The molecular weight excluding hydrogens is 208 g/mol. The van der Waals surface area contributed by atoms with Crippen molar-refractivity contribution in [1.29, 1.82) is 0 Å². The minimum Gasteiger partial charge on any atom is -0.466 e. The molecule has 0 amide bonds. The molecule has 0 aromatic carbocycles. The molecule has 0 aliphatic heterocycles. The van der Waals surface area contributed by atoms with Crippen molar-refractivity contribution in [1.82, 2.24) is 0 Å². The van der Waals surface area contributed by atoms with Crippen molar-refractivity contribution < 1.29 is 19.1 Å². The second-order valence-electron chi connectivity index (χ2n) is 3.00. The molecule has 4 nitrogen and oxygen atoms in total. The molecule has 0 radical (unpaired) electrons. The molecule has 0 heterocycles. The Morgan fingerprint density at radius 1 is 1.06 bits per heavy atom. The number of ether oxygens (including phenoxy) is 2. The molecule has 0 saturated carbocycles. The minimum absolute atomic E-state index is 0.237. The zero-order chi connectivity index (χ0) is 13.0. The topological polar surface area (TPSA) is 52.6 Å². The third-order valence-corrected chi connectivity index (χ3v) is 1.78. The van der Waals surface area contributed by atoms with Gasteiger partial charge in [0.25, 0.3) is 0 Å². The Balaban J connectivity index is 0. The van der Waals surface area contributed by atoms with E-state index in [4.69, 9.17) is 9.47 Å². The fraction of sp³-hybridized carbons (Fsp3) is 0.833. The van der Waals surface area contributed by atoms with Crippen molar-refractivity contribution >= 4 is 11.9 Å². The molecule has 0 unspecified atom stereocenters. The molecule has 4 heteroatoms. The Bertz CT molecular complexity index is 189. The number of rotatable bonds is 6. The molecule has 96 valence electrons. The van der Waals surface area contributed by atoms with E-state index in [0.29, 0.717) is 19.6 Å². The van der Waals surface area contributed by atoms with Crippen LogP contribution in [0.5, 0.6) is 0 Å². The van der Waals surface area contributed by atoms with Gasteiger partial charge in [0.2, 0.25) is 0 Å². The third-order valence-electron chi connectivity index (χ3n) is 1.78. The molecule has 0 aromatic rings. The molecule has 0 aliphatic rings. The van der Waals surface area contributed by atoms with Gasteiger partial charge in [0, 0.05) is 6.42 Å². The van der Waals surface area contributed by atoms with Crippen LogP contribution in [-0.2, 0) is 19.1 Å². The van der Waals surface area contributed by atoms with E-state index in [1.165, 1.54) is 0 Å². The van der Waals surface area contributed by atoms with Crippen LogP contribution in [0.15, 0.2) is 0 Å². The van der Waals surface area contributed by atoms with Crippen molar-refractivity contribution in [2.75, 3.05) is 13.2 Å². The summed E-state index contributed by atoms with van der Waals surface area (Å²) in [5, 5.41) is 0. The summed E-state index contributed by atoms with van der Waals surface area (Å²) in [7, 11) is 0. The predicted octanol–water partition coefficient (Wildman–Crippen LogP) is 2.56. The second-order valence-corrected chi connectivity index (χ2v) is 3.00. The molecule has 0 aliphatic carbocycles. The fourth-order valence-corrected chi connectivity index (χ4v) is 0.970. The van der Waals surface area contributed by atoms with Gasteiger partial charge in [-0.05, 0) is 20.3 Å². The zero-order valence-electron chi connectivity index (χ0n) is 11.0. The molecule has 0 spiro atoms. The average molecular weight is 232 g/mol. The highest BCUT2D eigenvalue weighted by molar-refractivity contribution is 5.74. The van der Waals surface area contributed by atoms with Crippen LogP contribution in [0.2, 0.25) is 0 Å². The average Bonchev–Trinajstić information content (AvgIpc) is 2.29. The van der Waals surface area contributed by atoms with Crippen LogP contribution in [-0.4, -0.2) is 25.2 Å². The lowest BCUT2D eigenvalue weighted by Crippen LogP contribution is -2.16. The first-order valence-corrected chi connectivity index (χ1v) is 5.94. The van der Waals surface area contributed by atoms with E-state index in [0.717, 1.165) is 0 Å². The van der Waals surface area contributed by atoms with Crippen molar-refractivity contribution in [3.8, 4) is 0 Å². The lowest BCUT2D eigenvalue weighted by molar-refractivity contribution is -0.148. The van der Waals surface area contributed by atoms with Gasteiger partial charge in [-0.1, -0.05) is 20.8 Å². The van der Waals surface area contributed by atoms with E-state index in [1.54, 1.807) is 20.8 Å². The fourth-order valence-electron chi connectivity index (χ4n) is 0.970. The highest BCUT2D eigenvalue weighted by Gasteiger charge is 2.15. The normalized spacial score (nSPS) is 10.8. The second kappa shape index (κ2) is 12.0. The summed E-state index contributed by atoms with van der Waals surface area (Å²) in [5.41, 5.74) is 0.